The van der Waals surface area contributed by atoms with Gasteiger partial charge in [0.2, 0.25) is 0 Å². The van der Waals surface area contributed by atoms with Gasteiger partial charge in [-0.15, -0.1) is 0 Å². The zero-order valence-corrected chi connectivity index (χ0v) is 19.1. The molecule has 1 aromatic carbocycles. The van der Waals surface area contributed by atoms with Crippen molar-refractivity contribution < 1.29 is 29.2 Å². The molecule has 1 unspecified atom stereocenters. The molecule has 4 heterocycles. The molecule has 180 valence electrons. The van der Waals surface area contributed by atoms with Crippen LogP contribution in [0.1, 0.15) is 24.1 Å². The molecule has 9 heteroatoms. The molecule has 1 saturated heterocycles. The van der Waals surface area contributed by atoms with E-state index >= 15 is 0 Å². The number of ether oxygens (including phenoxy) is 4. The Balaban J connectivity index is 1.26. The predicted octanol–water partition coefficient (Wildman–Crippen LogP) is 1.93. The van der Waals surface area contributed by atoms with Gasteiger partial charge in [0.25, 0.3) is 5.88 Å². The molecular formula is C25H29N3O6. The molecule has 2 aromatic heterocycles. The fraction of sp³-hybridized carbons (Fsp3) is 0.440. The topological polar surface area (TPSA) is 115 Å². The molecule has 0 amide bonds. The van der Waals surface area contributed by atoms with Crippen molar-refractivity contribution in [1.29, 1.82) is 0 Å². The Morgan fingerprint density at radius 3 is 2.85 bits per heavy atom. The van der Waals surface area contributed by atoms with Crippen LogP contribution in [0.15, 0.2) is 42.6 Å². The van der Waals surface area contributed by atoms with Gasteiger partial charge < -0.3 is 34.5 Å². The van der Waals surface area contributed by atoms with Gasteiger partial charge >= 0.3 is 0 Å². The van der Waals surface area contributed by atoms with E-state index in [1.165, 1.54) is 0 Å². The molecule has 0 spiro atoms. The van der Waals surface area contributed by atoms with Crippen LogP contribution in [-0.2, 0) is 16.9 Å². The average Bonchev–Trinajstić information content (AvgIpc) is 2.91. The summed E-state index contributed by atoms with van der Waals surface area (Å²) in [5, 5.41) is 26.0. The summed E-state index contributed by atoms with van der Waals surface area (Å²) in [5.74, 6) is 1.78. The third kappa shape index (κ3) is 4.39. The van der Waals surface area contributed by atoms with Gasteiger partial charge in [-0.05, 0) is 42.7 Å². The largest absolute Gasteiger partial charge is 0.495 e. The van der Waals surface area contributed by atoms with Gasteiger partial charge in [-0.1, -0.05) is 12.1 Å². The van der Waals surface area contributed by atoms with Crippen LogP contribution in [-0.4, -0.2) is 65.9 Å². The number of pyridine rings is 2. The minimum absolute atomic E-state index is 0.100. The first-order chi connectivity index (χ1) is 16.6. The number of aromatic nitrogens is 2. The van der Waals surface area contributed by atoms with Gasteiger partial charge in [0, 0.05) is 18.0 Å². The average molecular weight is 468 g/mol. The molecular weight excluding hydrogens is 438 g/mol. The Morgan fingerprint density at radius 1 is 1.18 bits per heavy atom. The number of hydrogen-bond donors (Lipinski definition) is 3. The Hall–Kier alpha value is -2.98. The molecule has 2 aliphatic heterocycles. The summed E-state index contributed by atoms with van der Waals surface area (Å²) >= 11 is 0. The summed E-state index contributed by atoms with van der Waals surface area (Å²) in [6, 6.07) is 11.2. The second kappa shape index (κ2) is 9.71. The first-order valence-electron chi connectivity index (χ1n) is 11.5. The summed E-state index contributed by atoms with van der Waals surface area (Å²) in [4.78, 5) is 8.91. The summed E-state index contributed by atoms with van der Waals surface area (Å²) in [7, 11) is 1.57. The Kier molecular flexibility index (Phi) is 6.51. The molecule has 3 atom stereocenters. The smallest absolute Gasteiger partial charge is 0.257 e. The number of aliphatic hydroxyl groups is 2. The van der Waals surface area contributed by atoms with E-state index in [0.717, 1.165) is 17.5 Å². The van der Waals surface area contributed by atoms with Crippen LogP contribution in [0, 0.1) is 0 Å². The molecule has 34 heavy (non-hydrogen) atoms. The van der Waals surface area contributed by atoms with Crippen LogP contribution < -0.4 is 19.5 Å². The second-order valence-corrected chi connectivity index (χ2v) is 8.61. The van der Waals surface area contributed by atoms with Crippen molar-refractivity contribution in [3.05, 3.63) is 53.9 Å². The fourth-order valence-electron chi connectivity index (χ4n) is 4.59. The molecule has 1 fully saturated rings. The van der Waals surface area contributed by atoms with Gasteiger partial charge in [0.05, 0.1) is 43.8 Å². The number of fused-ring (bicyclic) bond motifs is 2. The van der Waals surface area contributed by atoms with Crippen LogP contribution in [0.3, 0.4) is 0 Å². The normalized spacial score (nSPS) is 21.7. The first kappa shape index (κ1) is 22.8. The second-order valence-electron chi connectivity index (χ2n) is 8.61. The van der Waals surface area contributed by atoms with Crippen molar-refractivity contribution >= 4 is 10.9 Å². The van der Waals surface area contributed by atoms with Crippen LogP contribution in [0.2, 0.25) is 0 Å². The van der Waals surface area contributed by atoms with Crippen LogP contribution >= 0.6 is 0 Å². The SMILES string of the molecule is COc1cnc2cccc(C(O)(CO)[C@@H]3CC[C@@H](NCc4ccc5c(n4)OCCO5)CO3)c2c1. The van der Waals surface area contributed by atoms with Crippen LogP contribution in [0.25, 0.3) is 10.9 Å². The molecule has 0 saturated carbocycles. The van der Waals surface area contributed by atoms with Gasteiger partial charge in [-0.3, -0.25) is 4.98 Å². The van der Waals surface area contributed by atoms with Crippen molar-refractivity contribution in [2.75, 3.05) is 33.5 Å². The zero-order chi connectivity index (χ0) is 23.5. The zero-order valence-electron chi connectivity index (χ0n) is 19.1. The van der Waals surface area contributed by atoms with Crippen molar-refractivity contribution in [3.8, 4) is 17.4 Å². The Morgan fingerprint density at radius 2 is 2.06 bits per heavy atom. The number of nitrogens with one attached hydrogen (secondary N) is 1. The molecule has 0 radical (unpaired) electrons. The maximum atomic E-state index is 11.6. The summed E-state index contributed by atoms with van der Waals surface area (Å²) in [6.45, 7) is 1.55. The number of nitrogens with zero attached hydrogens (tertiary/aromatic N) is 2. The number of hydrogen-bond acceptors (Lipinski definition) is 9. The molecule has 0 aliphatic carbocycles. The monoisotopic (exact) mass is 467 g/mol. The summed E-state index contributed by atoms with van der Waals surface area (Å²) < 4.78 is 22.5. The lowest BCUT2D eigenvalue weighted by atomic mass is 9.82. The maximum Gasteiger partial charge on any atom is 0.257 e. The van der Waals surface area contributed by atoms with Crippen molar-refractivity contribution in [3.63, 3.8) is 0 Å². The highest BCUT2D eigenvalue weighted by Crippen LogP contribution is 2.37. The standard InChI is InChI=1S/C25H29N3O6/c1-31-18-11-19-20(3-2-4-21(19)27-13-18)25(30,15-29)23-8-6-17(14-34-23)26-12-16-5-7-22-24(28-16)33-10-9-32-22/h2-5,7,11,13,17,23,26,29-30H,6,8-10,12,14-15H2,1H3/t17-,23+,25?/m1/s1. The Labute approximate surface area is 197 Å². The Bertz CT molecular complexity index is 1150. The van der Waals surface area contributed by atoms with Crippen molar-refractivity contribution in [1.82, 2.24) is 15.3 Å². The van der Waals surface area contributed by atoms with Crippen molar-refractivity contribution in [2.45, 2.75) is 37.1 Å². The summed E-state index contributed by atoms with van der Waals surface area (Å²) in [5.41, 5.74) is 0.592. The molecule has 5 rings (SSSR count). The van der Waals surface area contributed by atoms with Crippen LogP contribution in [0.4, 0.5) is 0 Å². The highest BCUT2D eigenvalue weighted by Gasteiger charge is 2.42. The molecule has 9 nitrogen and oxygen atoms in total. The lowest BCUT2D eigenvalue weighted by Gasteiger charge is -2.40. The lowest BCUT2D eigenvalue weighted by molar-refractivity contribution is -0.157. The minimum Gasteiger partial charge on any atom is -0.495 e. The minimum atomic E-state index is -1.56. The first-order valence-corrected chi connectivity index (χ1v) is 11.5. The highest BCUT2D eigenvalue weighted by molar-refractivity contribution is 5.84. The van der Waals surface area contributed by atoms with Crippen molar-refractivity contribution in [2.24, 2.45) is 0 Å². The van der Waals surface area contributed by atoms with E-state index in [0.29, 0.717) is 61.2 Å². The molecule has 3 aromatic rings. The third-order valence-electron chi connectivity index (χ3n) is 6.49. The van der Waals surface area contributed by atoms with Gasteiger partial charge in [0.15, 0.2) is 5.75 Å². The third-order valence-corrected chi connectivity index (χ3v) is 6.49. The molecule has 0 bridgehead atoms. The van der Waals surface area contributed by atoms with Crippen LogP contribution in [0.5, 0.6) is 17.4 Å². The van der Waals surface area contributed by atoms with Gasteiger partial charge in [-0.25, -0.2) is 4.98 Å². The van der Waals surface area contributed by atoms with E-state index in [1.54, 1.807) is 19.4 Å². The quantitative estimate of drug-likeness (QED) is 0.479. The fourth-order valence-corrected chi connectivity index (χ4v) is 4.59. The molecule has 3 N–H and O–H groups in total. The number of aliphatic hydroxyl groups excluding tert-OH is 1. The maximum absolute atomic E-state index is 11.6. The van der Waals surface area contributed by atoms with Gasteiger partial charge in [0.1, 0.15) is 24.6 Å². The van der Waals surface area contributed by atoms with E-state index in [2.05, 4.69) is 15.3 Å². The predicted molar refractivity (Wildman–Crippen MR) is 124 cm³/mol. The number of methoxy groups -OCH3 is 1. The number of rotatable bonds is 7. The molecule has 2 aliphatic rings. The lowest BCUT2D eigenvalue weighted by Crippen LogP contribution is -2.50. The van der Waals surface area contributed by atoms with Gasteiger partial charge in [-0.2, -0.15) is 0 Å². The van der Waals surface area contributed by atoms with E-state index in [4.69, 9.17) is 18.9 Å². The number of benzene rings is 1. The van der Waals surface area contributed by atoms with E-state index in [1.807, 2.05) is 30.3 Å². The van der Waals surface area contributed by atoms with E-state index in [9.17, 15) is 10.2 Å². The highest BCUT2D eigenvalue weighted by atomic mass is 16.6. The van der Waals surface area contributed by atoms with E-state index < -0.39 is 18.3 Å². The summed E-state index contributed by atoms with van der Waals surface area (Å²) in [6.07, 6.45) is 2.44. The van der Waals surface area contributed by atoms with E-state index in [-0.39, 0.29) is 6.04 Å².